The van der Waals surface area contributed by atoms with E-state index in [1.807, 2.05) is 24.5 Å². The van der Waals surface area contributed by atoms with Crippen LogP contribution >= 0.6 is 0 Å². The van der Waals surface area contributed by atoms with Crippen molar-refractivity contribution in [2.45, 2.75) is 32.1 Å². The smallest absolute Gasteiger partial charge is 0.309 e. The predicted octanol–water partition coefficient (Wildman–Crippen LogP) is 4.43. The number of rotatable bonds is 5. The van der Waals surface area contributed by atoms with Crippen LogP contribution in [0, 0.1) is 5.41 Å². The Hall–Kier alpha value is -2.62. The molecule has 4 nitrogen and oxygen atoms in total. The number of fused-ring (bicyclic) bond motifs is 1. The topological polar surface area (TPSA) is 55.1 Å². The van der Waals surface area contributed by atoms with Crippen LogP contribution < -0.4 is 0 Å². The maximum absolute atomic E-state index is 11.5. The Bertz CT molecular complexity index is 938. The van der Waals surface area contributed by atoms with Crippen molar-refractivity contribution < 1.29 is 9.90 Å². The Balaban J connectivity index is 1.61. The summed E-state index contributed by atoms with van der Waals surface area (Å²) >= 11 is 0. The molecule has 1 aliphatic carbocycles. The molecule has 0 aliphatic heterocycles. The van der Waals surface area contributed by atoms with Gasteiger partial charge in [0.1, 0.15) is 0 Å². The van der Waals surface area contributed by atoms with Crippen molar-refractivity contribution in [3.8, 4) is 11.3 Å². The van der Waals surface area contributed by atoms with Crippen LogP contribution in [0.25, 0.3) is 22.2 Å². The standard InChI is InChI=1S/C21H22N2O2/c1-23-18-6-3-2-5-16(18)12-19(23)17-11-15(13-22-14-17)7-10-21(20(24)25)8-4-9-21/h2-3,5-6,11-14H,4,7-10H2,1H3,(H,24,25). The molecule has 1 fully saturated rings. The van der Waals surface area contributed by atoms with Crippen molar-refractivity contribution >= 4 is 16.9 Å². The Morgan fingerprint density at radius 2 is 2.04 bits per heavy atom. The predicted molar refractivity (Wildman–Crippen MR) is 98.4 cm³/mol. The van der Waals surface area contributed by atoms with Gasteiger partial charge in [0.25, 0.3) is 0 Å². The highest BCUT2D eigenvalue weighted by atomic mass is 16.4. The number of nitrogens with zero attached hydrogens (tertiary/aromatic N) is 2. The molecular formula is C21H22N2O2. The van der Waals surface area contributed by atoms with Crippen LogP contribution in [0.2, 0.25) is 0 Å². The number of hydrogen-bond acceptors (Lipinski definition) is 2. The SMILES string of the molecule is Cn1c(-c2cncc(CCC3(C(=O)O)CCC3)c2)cc2ccccc21. The van der Waals surface area contributed by atoms with E-state index in [2.05, 4.69) is 40.9 Å². The normalized spacial score (nSPS) is 15.9. The fraction of sp³-hybridized carbons (Fsp3) is 0.333. The minimum atomic E-state index is -0.642. The molecule has 1 N–H and O–H groups in total. The monoisotopic (exact) mass is 334 g/mol. The number of carbonyl (C=O) groups is 1. The third-order valence-electron chi connectivity index (χ3n) is 5.70. The molecule has 2 heterocycles. The molecule has 1 aliphatic rings. The number of carboxylic acids is 1. The van der Waals surface area contributed by atoms with Crippen molar-refractivity contribution in [2.24, 2.45) is 12.5 Å². The largest absolute Gasteiger partial charge is 0.481 e. The lowest BCUT2D eigenvalue weighted by Gasteiger charge is -2.37. The second-order valence-electron chi connectivity index (χ2n) is 7.17. The molecule has 4 rings (SSSR count). The van der Waals surface area contributed by atoms with Crippen LogP contribution in [0.3, 0.4) is 0 Å². The Morgan fingerprint density at radius 1 is 1.24 bits per heavy atom. The highest BCUT2D eigenvalue weighted by molar-refractivity contribution is 5.86. The van der Waals surface area contributed by atoms with Gasteiger partial charge in [0.05, 0.1) is 11.1 Å². The van der Waals surface area contributed by atoms with Gasteiger partial charge in [-0.1, -0.05) is 24.6 Å². The molecule has 3 aromatic rings. The lowest BCUT2D eigenvalue weighted by molar-refractivity contribution is -0.155. The van der Waals surface area contributed by atoms with Gasteiger partial charge in [-0.25, -0.2) is 0 Å². The van der Waals surface area contributed by atoms with Gasteiger partial charge < -0.3 is 9.67 Å². The van der Waals surface area contributed by atoms with E-state index in [1.165, 1.54) is 10.9 Å². The highest BCUT2D eigenvalue weighted by Crippen LogP contribution is 2.45. The van der Waals surface area contributed by atoms with Crippen molar-refractivity contribution in [3.05, 3.63) is 54.4 Å². The van der Waals surface area contributed by atoms with Gasteiger partial charge in [0.15, 0.2) is 0 Å². The number of aliphatic carboxylic acids is 1. The fourth-order valence-electron chi connectivity index (χ4n) is 3.89. The maximum Gasteiger partial charge on any atom is 0.309 e. The van der Waals surface area contributed by atoms with Gasteiger partial charge in [-0.05, 0) is 49.4 Å². The van der Waals surface area contributed by atoms with E-state index in [9.17, 15) is 9.90 Å². The van der Waals surface area contributed by atoms with E-state index >= 15 is 0 Å². The summed E-state index contributed by atoms with van der Waals surface area (Å²) in [7, 11) is 2.07. The molecule has 0 atom stereocenters. The fourth-order valence-corrected chi connectivity index (χ4v) is 3.89. The first-order valence-electron chi connectivity index (χ1n) is 8.81. The van der Waals surface area contributed by atoms with Crippen LogP contribution in [0.5, 0.6) is 0 Å². The first kappa shape index (κ1) is 15.9. The molecule has 4 heteroatoms. The zero-order chi connectivity index (χ0) is 17.4. The van der Waals surface area contributed by atoms with Crippen molar-refractivity contribution in [3.63, 3.8) is 0 Å². The number of benzene rings is 1. The lowest BCUT2D eigenvalue weighted by Crippen LogP contribution is -2.38. The number of pyridine rings is 1. The van der Waals surface area contributed by atoms with Gasteiger partial charge in [-0.3, -0.25) is 9.78 Å². The summed E-state index contributed by atoms with van der Waals surface area (Å²) in [5, 5.41) is 10.7. The van der Waals surface area contributed by atoms with E-state index < -0.39 is 11.4 Å². The zero-order valence-electron chi connectivity index (χ0n) is 14.4. The first-order valence-corrected chi connectivity index (χ1v) is 8.81. The van der Waals surface area contributed by atoms with Crippen molar-refractivity contribution in [2.75, 3.05) is 0 Å². The second-order valence-corrected chi connectivity index (χ2v) is 7.17. The average Bonchev–Trinajstić information content (AvgIpc) is 2.91. The van der Waals surface area contributed by atoms with Crippen LogP contribution in [0.1, 0.15) is 31.2 Å². The van der Waals surface area contributed by atoms with E-state index in [-0.39, 0.29) is 0 Å². The molecule has 0 spiro atoms. The van der Waals surface area contributed by atoms with Crippen molar-refractivity contribution in [1.82, 2.24) is 9.55 Å². The van der Waals surface area contributed by atoms with E-state index in [0.717, 1.165) is 42.5 Å². The molecule has 0 radical (unpaired) electrons. The van der Waals surface area contributed by atoms with Crippen LogP contribution in [0.15, 0.2) is 48.8 Å². The minimum absolute atomic E-state index is 0.504. The molecule has 128 valence electrons. The number of hydrogen-bond donors (Lipinski definition) is 1. The Kier molecular flexibility index (Phi) is 3.83. The van der Waals surface area contributed by atoms with Gasteiger partial charge in [-0.15, -0.1) is 0 Å². The summed E-state index contributed by atoms with van der Waals surface area (Å²) in [5.41, 5.74) is 4.01. The summed E-state index contributed by atoms with van der Waals surface area (Å²) in [6, 6.07) is 12.7. The van der Waals surface area contributed by atoms with Gasteiger partial charge in [-0.2, -0.15) is 0 Å². The third kappa shape index (κ3) is 2.72. The molecule has 0 bridgehead atoms. The van der Waals surface area contributed by atoms with Crippen molar-refractivity contribution in [1.29, 1.82) is 0 Å². The molecule has 0 saturated heterocycles. The molecular weight excluding hydrogens is 312 g/mol. The Labute approximate surface area is 147 Å². The first-order chi connectivity index (χ1) is 12.1. The third-order valence-corrected chi connectivity index (χ3v) is 5.70. The van der Waals surface area contributed by atoms with Crippen LogP contribution in [0.4, 0.5) is 0 Å². The van der Waals surface area contributed by atoms with Crippen LogP contribution in [-0.2, 0) is 18.3 Å². The minimum Gasteiger partial charge on any atom is -0.481 e. The van der Waals surface area contributed by atoms with E-state index in [4.69, 9.17) is 0 Å². The number of aromatic nitrogens is 2. The molecule has 0 amide bonds. The molecule has 25 heavy (non-hydrogen) atoms. The maximum atomic E-state index is 11.5. The summed E-state index contributed by atoms with van der Waals surface area (Å²) < 4.78 is 2.18. The van der Waals surface area contributed by atoms with Gasteiger partial charge >= 0.3 is 5.97 Å². The average molecular weight is 334 g/mol. The van der Waals surface area contributed by atoms with Crippen LogP contribution in [-0.4, -0.2) is 20.6 Å². The quantitative estimate of drug-likeness (QED) is 0.751. The second kappa shape index (κ2) is 6.03. The summed E-state index contributed by atoms with van der Waals surface area (Å²) in [4.78, 5) is 15.9. The molecule has 1 aromatic carbocycles. The number of para-hydroxylation sites is 1. The molecule has 1 saturated carbocycles. The highest BCUT2D eigenvalue weighted by Gasteiger charge is 2.43. The summed E-state index contributed by atoms with van der Waals surface area (Å²) in [6.07, 6.45) is 7.84. The zero-order valence-corrected chi connectivity index (χ0v) is 14.4. The number of aryl methyl sites for hydroxylation is 2. The van der Waals surface area contributed by atoms with Gasteiger partial charge in [0, 0.05) is 35.9 Å². The Morgan fingerprint density at radius 3 is 2.72 bits per heavy atom. The lowest BCUT2D eigenvalue weighted by atomic mass is 9.66. The molecule has 2 aromatic heterocycles. The van der Waals surface area contributed by atoms with E-state index in [0.29, 0.717) is 6.42 Å². The number of carboxylic acid groups (broad SMARTS) is 1. The summed E-state index contributed by atoms with van der Waals surface area (Å²) in [6.45, 7) is 0. The summed E-state index contributed by atoms with van der Waals surface area (Å²) in [5.74, 6) is -0.642. The molecule has 0 unspecified atom stereocenters. The van der Waals surface area contributed by atoms with E-state index in [1.54, 1.807) is 0 Å². The van der Waals surface area contributed by atoms with Gasteiger partial charge in [0.2, 0.25) is 0 Å².